The lowest BCUT2D eigenvalue weighted by atomic mass is 10.1. The number of ether oxygens (including phenoxy) is 1. The second kappa shape index (κ2) is 9.32. The largest absolute Gasteiger partial charge is 0.416 e. The summed E-state index contributed by atoms with van der Waals surface area (Å²) in [5, 5.41) is 8.33. The van der Waals surface area contributed by atoms with Crippen LogP contribution < -0.4 is 0 Å². The molecule has 0 bridgehead atoms. The minimum atomic E-state index is -4.52. The highest BCUT2D eigenvalue weighted by Gasteiger charge is 2.38. The maximum Gasteiger partial charge on any atom is 0.416 e. The van der Waals surface area contributed by atoms with Crippen molar-refractivity contribution < 1.29 is 22.7 Å². The normalized spacial score (nSPS) is 18.5. The number of hydrogen-bond donors (Lipinski definition) is 0. The van der Waals surface area contributed by atoms with Gasteiger partial charge in [-0.3, -0.25) is 9.78 Å². The maximum atomic E-state index is 13.1. The van der Waals surface area contributed by atoms with Gasteiger partial charge < -0.3 is 9.64 Å². The van der Waals surface area contributed by atoms with Crippen LogP contribution in [0.15, 0.2) is 61.6 Å². The minimum absolute atomic E-state index is 0.0350. The van der Waals surface area contributed by atoms with Gasteiger partial charge in [-0.2, -0.15) is 13.2 Å². The molecular formula is C22H19ClF3N5O2. The van der Waals surface area contributed by atoms with E-state index in [-0.39, 0.29) is 36.2 Å². The van der Waals surface area contributed by atoms with Crippen LogP contribution >= 0.6 is 11.6 Å². The lowest BCUT2D eigenvalue weighted by molar-refractivity contribution is -0.137. The maximum absolute atomic E-state index is 13.1. The summed E-state index contributed by atoms with van der Waals surface area (Å²) in [5.74, 6) is -0.277. The highest BCUT2D eigenvalue weighted by atomic mass is 35.5. The molecule has 1 fully saturated rings. The third-order valence-electron chi connectivity index (χ3n) is 5.28. The van der Waals surface area contributed by atoms with E-state index in [2.05, 4.69) is 21.9 Å². The first-order valence-corrected chi connectivity index (χ1v) is 10.3. The molecule has 2 atom stereocenters. The average molecular weight is 478 g/mol. The molecule has 3 aromatic rings. The zero-order valence-electron chi connectivity index (χ0n) is 17.2. The van der Waals surface area contributed by atoms with E-state index in [0.29, 0.717) is 5.69 Å². The molecule has 0 radical (unpaired) electrons. The Labute approximate surface area is 192 Å². The number of hydrogen-bond acceptors (Lipinski definition) is 5. The van der Waals surface area contributed by atoms with Crippen LogP contribution in [-0.2, 0) is 22.3 Å². The summed E-state index contributed by atoms with van der Waals surface area (Å²) in [7, 11) is 0. The van der Waals surface area contributed by atoms with E-state index in [1.54, 1.807) is 34.2 Å². The first kappa shape index (κ1) is 22.9. The number of pyridine rings is 1. The molecule has 2 unspecified atom stereocenters. The van der Waals surface area contributed by atoms with Gasteiger partial charge in [0.1, 0.15) is 5.69 Å². The fraction of sp³-hybridized carbons (Fsp3) is 0.273. The van der Waals surface area contributed by atoms with E-state index in [4.69, 9.17) is 16.3 Å². The smallest absolute Gasteiger partial charge is 0.369 e. The van der Waals surface area contributed by atoms with Crippen LogP contribution in [0.3, 0.4) is 0 Å². The van der Waals surface area contributed by atoms with Crippen LogP contribution in [0.1, 0.15) is 17.2 Å². The molecule has 0 saturated carbocycles. The fourth-order valence-electron chi connectivity index (χ4n) is 3.67. The monoisotopic (exact) mass is 477 g/mol. The van der Waals surface area contributed by atoms with E-state index in [0.717, 1.165) is 17.7 Å². The first-order chi connectivity index (χ1) is 15.7. The van der Waals surface area contributed by atoms with Crippen LogP contribution in [0.5, 0.6) is 0 Å². The Morgan fingerprint density at radius 1 is 1.30 bits per heavy atom. The fourth-order valence-corrected chi connectivity index (χ4v) is 3.93. The van der Waals surface area contributed by atoms with E-state index in [1.807, 2.05) is 6.07 Å². The molecule has 4 rings (SSSR count). The molecule has 0 spiro atoms. The number of benzene rings is 1. The number of rotatable bonds is 6. The van der Waals surface area contributed by atoms with Crippen LogP contribution in [0.25, 0.3) is 11.3 Å². The van der Waals surface area contributed by atoms with Crippen molar-refractivity contribution in [3.63, 3.8) is 0 Å². The number of alkyl halides is 3. The number of carbonyl (C=O) groups is 1. The number of amides is 1. The Bertz CT molecular complexity index is 1150. The van der Waals surface area contributed by atoms with Gasteiger partial charge in [0.2, 0.25) is 5.91 Å². The third-order valence-corrected chi connectivity index (χ3v) is 5.50. The molecule has 1 aliphatic rings. The predicted octanol–water partition coefficient (Wildman–Crippen LogP) is 4.17. The third kappa shape index (κ3) is 5.23. The lowest BCUT2D eigenvalue weighted by Crippen LogP contribution is -2.28. The van der Waals surface area contributed by atoms with Crippen molar-refractivity contribution in [2.24, 2.45) is 0 Å². The van der Waals surface area contributed by atoms with Gasteiger partial charge in [-0.1, -0.05) is 23.4 Å². The van der Waals surface area contributed by atoms with Crippen LogP contribution in [0.4, 0.5) is 13.2 Å². The standard InChI is InChI=1S/C22H19ClF3N5O2/c1-2-21(32)30-11-19(31-10-18(28-29-31)15-4-3-5-27-9-15)20(12-30)33-13-14-6-16(22(24,25)26)8-17(23)7-14/h2-10,19-20H,1,11-13H2. The predicted molar refractivity (Wildman–Crippen MR) is 114 cm³/mol. The van der Waals surface area contributed by atoms with E-state index in [1.165, 1.54) is 12.1 Å². The quantitative estimate of drug-likeness (QED) is 0.498. The van der Waals surface area contributed by atoms with Crippen molar-refractivity contribution >= 4 is 17.5 Å². The van der Waals surface area contributed by atoms with E-state index in [9.17, 15) is 18.0 Å². The SMILES string of the molecule is C=CC(=O)N1CC(OCc2cc(Cl)cc(C(F)(F)F)c2)C(n2cc(-c3cccnc3)nn2)C1. The summed E-state index contributed by atoms with van der Waals surface area (Å²) < 4.78 is 46.9. The molecule has 0 aliphatic carbocycles. The summed E-state index contributed by atoms with van der Waals surface area (Å²) in [6.45, 7) is 3.91. The van der Waals surface area contributed by atoms with Crippen LogP contribution in [0.2, 0.25) is 5.02 Å². The average Bonchev–Trinajstić information content (AvgIpc) is 3.44. The van der Waals surface area contributed by atoms with Gasteiger partial charge in [0.05, 0.1) is 30.5 Å². The van der Waals surface area contributed by atoms with Gasteiger partial charge in [-0.05, 0) is 42.0 Å². The van der Waals surface area contributed by atoms with Crippen molar-refractivity contribution in [1.82, 2.24) is 24.9 Å². The topological polar surface area (TPSA) is 73.1 Å². The number of carbonyl (C=O) groups excluding carboxylic acids is 1. The Balaban J connectivity index is 1.55. The summed E-state index contributed by atoms with van der Waals surface area (Å²) in [6.07, 6.45) is 1.17. The van der Waals surface area contributed by atoms with E-state index < -0.39 is 23.9 Å². The molecule has 1 aromatic carbocycles. The number of likely N-dealkylation sites (tertiary alicyclic amines) is 1. The first-order valence-electron chi connectivity index (χ1n) is 9.96. The van der Waals surface area contributed by atoms with Gasteiger partial charge in [0.15, 0.2) is 0 Å². The van der Waals surface area contributed by atoms with Gasteiger partial charge in [-0.15, -0.1) is 5.10 Å². The molecule has 0 N–H and O–H groups in total. The van der Waals surface area contributed by atoms with Crippen molar-refractivity contribution in [2.45, 2.75) is 24.9 Å². The van der Waals surface area contributed by atoms with Crippen molar-refractivity contribution in [3.8, 4) is 11.3 Å². The van der Waals surface area contributed by atoms with E-state index >= 15 is 0 Å². The van der Waals surface area contributed by atoms with Crippen LogP contribution in [-0.4, -0.2) is 50.0 Å². The van der Waals surface area contributed by atoms with Gasteiger partial charge in [0.25, 0.3) is 0 Å². The molecular weight excluding hydrogens is 459 g/mol. The Morgan fingerprint density at radius 2 is 2.12 bits per heavy atom. The number of nitrogens with zero attached hydrogens (tertiary/aromatic N) is 5. The summed E-state index contributed by atoms with van der Waals surface area (Å²) >= 11 is 5.87. The Hall–Kier alpha value is -3.24. The minimum Gasteiger partial charge on any atom is -0.369 e. The zero-order chi connectivity index (χ0) is 23.6. The Kier molecular flexibility index (Phi) is 6.48. The van der Waals surface area contributed by atoms with Crippen molar-refractivity contribution in [3.05, 3.63) is 77.7 Å². The summed E-state index contributed by atoms with van der Waals surface area (Å²) in [5.41, 5.74) is 0.797. The highest BCUT2D eigenvalue weighted by Crippen LogP contribution is 2.33. The van der Waals surface area contributed by atoms with Crippen LogP contribution in [0, 0.1) is 0 Å². The molecule has 2 aromatic heterocycles. The second-order valence-electron chi connectivity index (χ2n) is 7.54. The summed E-state index contributed by atoms with van der Waals surface area (Å²) in [6, 6.07) is 6.51. The second-order valence-corrected chi connectivity index (χ2v) is 7.97. The number of aromatic nitrogens is 4. The van der Waals surface area contributed by atoms with Gasteiger partial charge in [-0.25, -0.2) is 4.68 Å². The highest BCUT2D eigenvalue weighted by molar-refractivity contribution is 6.30. The number of halogens is 4. The van der Waals surface area contributed by atoms with Crippen molar-refractivity contribution in [2.75, 3.05) is 13.1 Å². The summed E-state index contributed by atoms with van der Waals surface area (Å²) in [4.78, 5) is 17.8. The van der Waals surface area contributed by atoms with Crippen molar-refractivity contribution in [1.29, 1.82) is 0 Å². The molecule has 172 valence electrons. The molecule has 1 aliphatic heterocycles. The lowest BCUT2D eigenvalue weighted by Gasteiger charge is -2.19. The molecule has 3 heterocycles. The molecule has 7 nitrogen and oxygen atoms in total. The molecule has 11 heteroatoms. The molecule has 33 heavy (non-hydrogen) atoms. The van der Waals surface area contributed by atoms with Gasteiger partial charge in [0, 0.05) is 36.1 Å². The van der Waals surface area contributed by atoms with Gasteiger partial charge >= 0.3 is 6.18 Å². The molecule has 1 amide bonds. The zero-order valence-corrected chi connectivity index (χ0v) is 18.0. The molecule has 1 saturated heterocycles. The Morgan fingerprint density at radius 3 is 2.82 bits per heavy atom.